The fourth-order valence-electron chi connectivity index (χ4n) is 2.74. The fraction of sp³-hybridized carbons (Fsp3) is 0.600. The molecule has 1 aliphatic carbocycles. The van der Waals surface area contributed by atoms with E-state index >= 15 is 0 Å². The van der Waals surface area contributed by atoms with Crippen LogP contribution in [0.25, 0.3) is 0 Å². The SMILES string of the molecule is CC(NC1CCCCCC1)c1cc(Cl)ccc1Cl. The first-order valence-electron chi connectivity index (χ1n) is 6.88. The van der Waals surface area contributed by atoms with Crippen molar-refractivity contribution in [2.75, 3.05) is 0 Å². The Balaban J connectivity index is 2.01. The summed E-state index contributed by atoms with van der Waals surface area (Å²) in [5.41, 5.74) is 1.11. The Morgan fingerprint density at radius 2 is 1.78 bits per heavy atom. The van der Waals surface area contributed by atoms with Crippen LogP contribution in [-0.4, -0.2) is 6.04 Å². The van der Waals surface area contributed by atoms with E-state index in [1.165, 1.54) is 38.5 Å². The molecule has 3 heteroatoms. The lowest BCUT2D eigenvalue weighted by Crippen LogP contribution is -2.31. The molecule has 2 rings (SSSR count). The highest BCUT2D eigenvalue weighted by Gasteiger charge is 2.17. The Morgan fingerprint density at radius 3 is 2.44 bits per heavy atom. The zero-order chi connectivity index (χ0) is 13.0. The van der Waals surface area contributed by atoms with Crippen LogP contribution in [-0.2, 0) is 0 Å². The van der Waals surface area contributed by atoms with Crippen LogP contribution in [0.4, 0.5) is 0 Å². The van der Waals surface area contributed by atoms with Crippen LogP contribution in [0.3, 0.4) is 0 Å². The van der Waals surface area contributed by atoms with Gasteiger partial charge in [0.15, 0.2) is 0 Å². The fourth-order valence-corrected chi connectivity index (χ4v) is 3.20. The van der Waals surface area contributed by atoms with Gasteiger partial charge in [0.25, 0.3) is 0 Å². The van der Waals surface area contributed by atoms with Crippen LogP contribution in [0, 0.1) is 0 Å². The largest absolute Gasteiger partial charge is 0.307 e. The number of hydrogen-bond acceptors (Lipinski definition) is 1. The number of halogens is 2. The van der Waals surface area contributed by atoms with Gasteiger partial charge in [-0.3, -0.25) is 0 Å². The lowest BCUT2D eigenvalue weighted by Gasteiger charge is -2.23. The summed E-state index contributed by atoms with van der Waals surface area (Å²) < 4.78 is 0. The van der Waals surface area contributed by atoms with Gasteiger partial charge in [0, 0.05) is 22.1 Å². The lowest BCUT2D eigenvalue weighted by molar-refractivity contribution is 0.414. The summed E-state index contributed by atoms with van der Waals surface area (Å²) in [6, 6.07) is 6.57. The highest BCUT2D eigenvalue weighted by Crippen LogP contribution is 2.28. The summed E-state index contributed by atoms with van der Waals surface area (Å²) in [7, 11) is 0. The quantitative estimate of drug-likeness (QED) is 0.737. The molecule has 0 heterocycles. The van der Waals surface area contributed by atoms with Crippen LogP contribution >= 0.6 is 23.2 Å². The summed E-state index contributed by atoms with van der Waals surface area (Å²) in [5, 5.41) is 5.25. The second-order valence-corrected chi connectivity index (χ2v) is 6.09. The van der Waals surface area contributed by atoms with Crippen molar-refractivity contribution >= 4 is 23.2 Å². The predicted molar refractivity (Wildman–Crippen MR) is 79.5 cm³/mol. The average molecular weight is 286 g/mol. The summed E-state index contributed by atoms with van der Waals surface area (Å²) >= 11 is 12.3. The van der Waals surface area contributed by atoms with Crippen molar-refractivity contribution in [2.45, 2.75) is 57.5 Å². The molecule has 0 aliphatic heterocycles. The van der Waals surface area contributed by atoms with Crippen molar-refractivity contribution in [3.05, 3.63) is 33.8 Å². The molecule has 0 radical (unpaired) electrons. The lowest BCUT2D eigenvalue weighted by atomic mass is 10.0. The van der Waals surface area contributed by atoms with Crippen molar-refractivity contribution in [3.63, 3.8) is 0 Å². The van der Waals surface area contributed by atoms with Gasteiger partial charge in [0.1, 0.15) is 0 Å². The van der Waals surface area contributed by atoms with E-state index in [1.807, 2.05) is 18.2 Å². The molecule has 100 valence electrons. The minimum Gasteiger partial charge on any atom is -0.307 e. The van der Waals surface area contributed by atoms with Crippen LogP contribution < -0.4 is 5.32 Å². The summed E-state index contributed by atoms with van der Waals surface area (Å²) in [4.78, 5) is 0. The average Bonchev–Trinajstić information content (AvgIpc) is 2.61. The van der Waals surface area contributed by atoms with Crippen LogP contribution in [0.2, 0.25) is 10.0 Å². The van der Waals surface area contributed by atoms with Gasteiger partial charge in [-0.2, -0.15) is 0 Å². The molecule has 0 amide bonds. The van der Waals surface area contributed by atoms with Gasteiger partial charge >= 0.3 is 0 Å². The van der Waals surface area contributed by atoms with Crippen molar-refractivity contribution < 1.29 is 0 Å². The molecule has 1 fully saturated rings. The molecular weight excluding hydrogens is 265 g/mol. The molecule has 1 atom stereocenters. The van der Waals surface area contributed by atoms with Crippen LogP contribution in [0.5, 0.6) is 0 Å². The molecule has 0 saturated heterocycles. The van der Waals surface area contributed by atoms with Gasteiger partial charge < -0.3 is 5.32 Å². The van der Waals surface area contributed by atoms with E-state index in [4.69, 9.17) is 23.2 Å². The summed E-state index contributed by atoms with van der Waals surface area (Å²) in [6.07, 6.45) is 8.00. The van der Waals surface area contributed by atoms with Crippen molar-refractivity contribution in [2.24, 2.45) is 0 Å². The first-order valence-corrected chi connectivity index (χ1v) is 7.63. The standard InChI is InChI=1S/C15H21Cl2N/c1-11(14-10-12(16)8-9-15(14)17)18-13-6-4-2-3-5-7-13/h8-11,13,18H,2-7H2,1H3. The van der Waals surface area contributed by atoms with Crippen molar-refractivity contribution in [1.82, 2.24) is 5.32 Å². The third-order valence-corrected chi connectivity index (χ3v) is 4.34. The molecule has 0 spiro atoms. The van der Waals surface area contributed by atoms with E-state index in [0.717, 1.165) is 15.6 Å². The van der Waals surface area contributed by atoms with E-state index in [2.05, 4.69) is 12.2 Å². The first-order chi connectivity index (χ1) is 8.66. The topological polar surface area (TPSA) is 12.0 Å². The number of rotatable bonds is 3. The highest BCUT2D eigenvalue weighted by atomic mass is 35.5. The Hall–Kier alpha value is -0.240. The van der Waals surface area contributed by atoms with Crippen LogP contribution in [0.1, 0.15) is 57.1 Å². The Morgan fingerprint density at radius 1 is 1.11 bits per heavy atom. The first kappa shape index (κ1) is 14.2. The molecule has 1 saturated carbocycles. The second kappa shape index (κ2) is 6.79. The molecular formula is C15H21Cl2N. The predicted octanol–water partition coefficient (Wildman–Crippen LogP) is 5.37. The minimum atomic E-state index is 0.263. The molecule has 1 aromatic carbocycles. The van der Waals surface area contributed by atoms with Gasteiger partial charge in [-0.25, -0.2) is 0 Å². The zero-order valence-electron chi connectivity index (χ0n) is 10.9. The third kappa shape index (κ3) is 3.88. The smallest absolute Gasteiger partial charge is 0.0454 e. The van der Waals surface area contributed by atoms with E-state index in [0.29, 0.717) is 6.04 Å². The summed E-state index contributed by atoms with van der Waals surface area (Å²) in [5.74, 6) is 0. The highest BCUT2D eigenvalue weighted by molar-refractivity contribution is 6.33. The molecule has 1 N–H and O–H groups in total. The third-order valence-electron chi connectivity index (χ3n) is 3.77. The second-order valence-electron chi connectivity index (χ2n) is 5.24. The van der Waals surface area contributed by atoms with Gasteiger partial charge in [-0.15, -0.1) is 0 Å². The van der Waals surface area contributed by atoms with E-state index in [1.54, 1.807) is 0 Å². The zero-order valence-corrected chi connectivity index (χ0v) is 12.4. The minimum absolute atomic E-state index is 0.263. The molecule has 1 nitrogen and oxygen atoms in total. The molecule has 0 bridgehead atoms. The molecule has 0 aromatic heterocycles. The van der Waals surface area contributed by atoms with Gasteiger partial charge in [-0.1, -0.05) is 48.9 Å². The molecule has 1 aliphatic rings. The number of hydrogen-bond donors (Lipinski definition) is 1. The summed E-state index contributed by atoms with van der Waals surface area (Å²) in [6.45, 7) is 2.17. The van der Waals surface area contributed by atoms with Crippen molar-refractivity contribution in [1.29, 1.82) is 0 Å². The van der Waals surface area contributed by atoms with Gasteiger partial charge in [0.2, 0.25) is 0 Å². The van der Waals surface area contributed by atoms with Gasteiger partial charge in [-0.05, 0) is 43.5 Å². The molecule has 1 unspecified atom stereocenters. The Bertz CT molecular complexity index is 384. The Labute approximate surface area is 120 Å². The van der Waals surface area contributed by atoms with Gasteiger partial charge in [0.05, 0.1) is 0 Å². The van der Waals surface area contributed by atoms with E-state index < -0.39 is 0 Å². The van der Waals surface area contributed by atoms with Crippen LogP contribution in [0.15, 0.2) is 18.2 Å². The Kier molecular flexibility index (Phi) is 5.35. The molecule has 18 heavy (non-hydrogen) atoms. The molecule has 1 aromatic rings. The van der Waals surface area contributed by atoms with Crippen molar-refractivity contribution in [3.8, 4) is 0 Å². The monoisotopic (exact) mass is 285 g/mol. The van der Waals surface area contributed by atoms with E-state index in [-0.39, 0.29) is 6.04 Å². The maximum Gasteiger partial charge on any atom is 0.0454 e. The maximum absolute atomic E-state index is 6.24. The van der Waals surface area contributed by atoms with E-state index in [9.17, 15) is 0 Å². The maximum atomic E-state index is 6.24. The number of nitrogens with one attached hydrogen (secondary N) is 1. The number of benzene rings is 1. The normalized spacial score (nSPS) is 19.5.